The summed E-state index contributed by atoms with van der Waals surface area (Å²) in [6.07, 6.45) is 0. The van der Waals surface area contributed by atoms with Gasteiger partial charge in [-0.1, -0.05) is 29.3 Å². The smallest absolute Gasteiger partial charge is 0.353 e. The van der Waals surface area contributed by atoms with Gasteiger partial charge in [0.1, 0.15) is 17.8 Å². The number of hydrogen-bond donors (Lipinski definition) is 1. The van der Waals surface area contributed by atoms with Crippen molar-refractivity contribution in [3.63, 3.8) is 0 Å². The van der Waals surface area contributed by atoms with E-state index in [4.69, 9.17) is 9.57 Å². The number of amides is 5. The lowest BCUT2D eigenvalue weighted by atomic mass is 9.92. The number of nitrogens with zero attached hydrogens (tertiary/aromatic N) is 2. The molecule has 0 spiro atoms. The molecule has 4 rings (SSSR count). The number of nitrogens with one attached hydrogen (secondary N) is 1. The molecule has 2 aromatic carbocycles. The number of methoxy groups -OCH3 is 1. The second kappa shape index (κ2) is 7.24. The maximum atomic E-state index is 12.9. The van der Waals surface area contributed by atoms with Crippen LogP contribution in [0.3, 0.4) is 0 Å². The van der Waals surface area contributed by atoms with Crippen LogP contribution in [0.2, 0.25) is 0 Å². The Kier molecular flexibility index (Phi) is 4.69. The first kappa shape index (κ1) is 20.1. The number of carbonyl (C=O) groups is 5. The quantitative estimate of drug-likeness (QED) is 0.567. The van der Waals surface area contributed by atoms with Gasteiger partial charge in [0, 0.05) is 0 Å². The van der Waals surface area contributed by atoms with Crippen molar-refractivity contribution in [3.8, 4) is 5.75 Å². The Hall–Kier alpha value is -4.21. The van der Waals surface area contributed by atoms with Crippen LogP contribution in [0.4, 0.5) is 4.79 Å². The summed E-state index contributed by atoms with van der Waals surface area (Å²) in [7, 11) is 1.50. The number of urea groups is 1. The van der Waals surface area contributed by atoms with Crippen LogP contribution in [0, 0.1) is 0 Å². The van der Waals surface area contributed by atoms with Gasteiger partial charge in [-0.2, -0.15) is 0 Å². The van der Waals surface area contributed by atoms with Crippen molar-refractivity contribution in [1.29, 1.82) is 0 Å². The third kappa shape index (κ3) is 3.18. The van der Waals surface area contributed by atoms with Gasteiger partial charge < -0.3 is 14.9 Å². The zero-order chi connectivity index (χ0) is 22.3. The zero-order valence-electron chi connectivity index (χ0n) is 16.6. The largest absolute Gasteiger partial charge is 0.497 e. The maximum Gasteiger partial charge on any atom is 0.353 e. The highest BCUT2D eigenvalue weighted by Gasteiger charge is 2.50. The molecule has 0 saturated carbocycles. The molecule has 10 heteroatoms. The van der Waals surface area contributed by atoms with E-state index in [1.807, 2.05) is 0 Å². The van der Waals surface area contributed by atoms with E-state index in [9.17, 15) is 24.0 Å². The molecular weight excluding hydrogens is 406 g/mol. The van der Waals surface area contributed by atoms with Gasteiger partial charge in [-0.25, -0.2) is 9.59 Å². The first-order valence-corrected chi connectivity index (χ1v) is 9.23. The molecule has 1 N–H and O–H groups in total. The van der Waals surface area contributed by atoms with Crippen LogP contribution in [-0.4, -0.2) is 53.3 Å². The topological polar surface area (TPSA) is 122 Å². The van der Waals surface area contributed by atoms with E-state index in [1.165, 1.54) is 26.2 Å². The lowest BCUT2D eigenvalue weighted by Crippen LogP contribution is -2.42. The van der Waals surface area contributed by atoms with Crippen LogP contribution < -0.4 is 10.1 Å². The molecule has 1 unspecified atom stereocenters. The van der Waals surface area contributed by atoms with Crippen molar-refractivity contribution in [2.24, 2.45) is 0 Å². The number of imide groups is 2. The van der Waals surface area contributed by atoms with Crippen molar-refractivity contribution in [2.75, 3.05) is 13.7 Å². The maximum absolute atomic E-state index is 12.9. The molecule has 158 valence electrons. The molecule has 0 bridgehead atoms. The van der Waals surface area contributed by atoms with Gasteiger partial charge >= 0.3 is 12.0 Å². The van der Waals surface area contributed by atoms with E-state index in [0.717, 1.165) is 0 Å². The first-order chi connectivity index (χ1) is 14.8. The van der Waals surface area contributed by atoms with Crippen molar-refractivity contribution in [2.45, 2.75) is 12.5 Å². The third-order valence-electron chi connectivity index (χ3n) is 5.18. The Balaban J connectivity index is 1.47. The van der Waals surface area contributed by atoms with E-state index < -0.39 is 41.8 Å². The van der Waals surface area contributed by atoms with Crippen LogP contribution in [0.1, 0.15) is 33.2 Å². The number of carbonyl (C=O) groups excluding carboxylic acids is 5. The predicted molar refractivity (Wildman–Crippen MR) is 104 cm³/mol. The Morgan fingerprint density at radius 3 is 2.10 bits per heavy atom. The minimum Gasteiger partial charge on any atom is -0.497 e. The Morgan fingerprint density at radius 1 is 0.968 bits per heavy atom. The number of rotatable bonds is 5. The molecule has 5 amide bonds. The first-order valence-electron chi connectivity index (χ1n) is 9.23. The average molecular weight is 423 g/mol. The van der Waals surface area contributed by atoms with E-state index in [1.54, 1.807) is 36.4 Å². The Morgan fingerprint density at radius 2 is 1.55 bits per heavy atom. The molecule has 1 saturated heterocycles. The van der Waals surface area contributed by atoms with E-state index in [2.05, 4.69) is 5.32 Å². The van der Waals surface area contributed by atoms with E-state index >= 15 is 0 Å². The summed E-state index contributed by atoms with van der Waals surface area (Å²) < 4.78 is 5.09. The van der Waals surface area contributed by atoms with Gasteiger partial charge in [-0.3, -0.25) is 19.3 Å². The number of benzene rings is 2. The molecule has 2 aliphatic rings. The monoisotopic (exact) mass is 423 g/mol. The second-order valence-corrected chi connectivity index (χ2v) is 7.09. The molecule has 2 aromatic rings. The van der Waals surface area contributed by atoms with Crippen LogP contribution in [0.25, 0.3) is 0 Å². The zero-order valence-corrected chi connectivity index (χ0v) is 16.6. The molecular formula is C21H17N3O7. The van der Waals surface area contributed by atoms with Crippen LogP contribution in [0.5, 0.6) is 5.75 Å². The summed E-state index contributed by atoms with van der Waals surface area (Å²) in [6, 6.07) is 11.7. The molecule has 31 heavy (non-hydrogen) atoms. The Labute approximate surface area is 176 Å². The highest BCUT2D eigenvalue weighted by molar-refractivity contribution is 6.21. The van der Waals surface area contributed by atoms with Crippen molar-refractivity contribution < 1.29 is 33.5 Å². The molecule has 0 aromatic heterocycles. The fourth-order valence-corrected chi connectivity index (χ4v) is 3.47. The number of ether oxygens (including phenoxy) is 1. The molecule has 2 heterocycles. The van der Waals surface area contributed by atoms with Crippen molar-refractivity contribution >= 4 is 29.7 Å². The number of fused-ring (bicyclic) bond motifs is 1. The highest BCUT2D eigenvalue weighted by atomic mass is 16.7. The third-order valence-corrected chi connectivity index (χ3v) is 5.18. The molecule has 1 fully saturated rings. The highest BCUT2D eigenvalue weighted by Crippen LogP contribution is 2.30. The fraction of sp³-hybridized carbons (Fsp3) is 0.190. The SMILES string of the molecule is COc1ccc(C2(C)NC(=O)N(CC(=O)ON3C(=O)c4ccccc4C3=O)C2=O)cc1. The predicted octanol–water partition coefficient (Wildman–Crippen LogP) is 1.22. The standard InChI is InChI=1S/C21H17N3O7/c1-21(12-7-9-13(30-2)10-8-12)19(28)23(20(29)22-21)11-16(25)31-24-17(26)14-5-3-4-6-15(14)18(24)27/h3-10H,11H2,1-2H3,(H,22,29). The number of hydroxylamine groups is 2. The average Bonchev–Trinajstić information content (AvgIpc) is 3.14. The van der Waals surface area contributed by atoms with E-state index in [-0.39, 0.29) is 11.1 Å². The summed E-state index contributed by atoms with van der Waals surface area (Å²) in [5, 5.41) is 2.88. The summed E-state index contributed by atoms with van der Waals surface area (Å²) >= 11 is 0. The van der Waals surface area contributed by atoms with Crippen LogP contribution in [0.15, 0.2) is 48.5 Å². The van der Waals surface area contributed by atoms with Gasteiger partial charge in [0.2, 0.25) is 0 Å². The van der Waals surface area contributed by atoms with Gasteiger partial charge in [-0.05, 0) is 36.8 Å². The van der Waals surface area contributed by atoms with Gasteiger partial charge in [0.25, 0.3) is 17.7 Å². The minimum absolute atomic E-state index is 0.0994. The molecule has 1 atom stereocenters. The van der Waals surface area contributed by atoms with Gasteiger partial charge in [0.05, 0.1) is 18.2 Å². The van der Waals surface area contributed by atoms with Crippen LogP contribution in [-0.2, 0) is 20.0 Å². The van der Waals surface area contributed by atoms with Gasteiger partial charge in [0.15, 0.2) is 0 Å². The molecule has 0 aliphatic carbocycles. The Bertz CT molecular complexity index is 1090. The molecule has 10 nitrogen and oxygen atoms in total. The second-order valence-electron chi connectivity index (χ2n) is 7.09. The molecule has 0 radical (unpaired) electrons. The summed E-state index contributed by atoms with van der Waals surface area (Å²) in [5.74, 6) is -2.81. The van der Waals surface area contributed by atoms with Crippen molar-refractivity contribution in [1.82, 2.24) is 15.3 Å². The fourth-order valence-electron chi connectivity index (χ4n) is 3.47. The lowest BCUT2D eigenvalue weighted by Gasteiger charge is -2.22. The summed E-state index contributed by atoms with van der Waals surface area (Å²) in [5.41, 5.74) is -0.716. The number of hydrogen-bond acceptors (Lipinski definition) is 7. The van der Waals surface area contributed by atoms with Gasteiger partial charge in [-0.15, -0.1) is 0 Å². The van der Waals surface area contributed by atoms with Crippen LogP contribution >= 0.6 is 0 Å². The minimum atomic E-state index is -1.40. The molecule has 2 aliphatic heterocycles. The summed E-state index contributed by atoms with van der Waals surface area (Å²) in [4.78, 5) is 67.9. The van der Waals surface area contributed by atoms with E-state index in [0.29, 0.717) is 21.3 Å². The van der Waals surface area contributed by atoms with Crippen molar-refractivity contribution in [3.05, 3.63) is 65.2 Å². The lowest BCUT2D eigenvalue weighted by molar-refractivity contribution is -0.170. The summed E-state index contributed by atoms with van der Waals surface area (Å²) in [6.45, 7) is 0.731. The normalized spacial score (nSPS) is 20.1.